The topological polar surface area (TPSA) is 63.7 Å². The Labute approximate surface area is 150 Å². The molecular formula is C19H16ClNO4. The first-order valence-electron chi connectivity index (χ1n) is 7.84. The monoisotopic (exact) mass is 357 g/mol. The minimum absolute atomic E-state index is 0.0479. The van der Waals surface area contributed by atoms with Gasteiger partial charge in [-0.05, 0) is 31.2 Å². The van der Waals surface area contributed by atoms with Crippen molar-refractivity contribution in [3.8, 4) is 5.75 Å². The Bertz CT molecular complexity index is 849. The molecule has 1 saturated heterocycles. The summed E-state index contributed by atoms with van der Waals surface area (Å²) >= 11 is 6.13. The van der Waals surface area contributed by atoms with Crippen LogP contribution in [0.25, 0.3) is 0 Å². The Balaban J connectivity index is 1.76. The number of para-hydroxylation sites is 2. The van der Waals surface area contributed by atoms with Gasteiger partial charge in [0.15, 0.2) is 5.78 Å². The van der Waals surface area contributed by atoms with Gasteiger partial charge in [-0.25, -0.2) is 0 Å². The van der Waals surface area contributed by atoms with E-state index in [0.29, 0.717) is 16.3 Å². The Morgan fingerprint density at radius 2 is 1.80 bits per heavy atom. The van der Waals surface area contributed by atoms with E-state index < -0.39 is 11.9 Å². The molecule has 1 fully saturated rings. The summed E-state index contributed by atoms with van der Waals surface area (Å²) in [7, 11) is 0. The van der Waals surface area contributed by atoms with E-state index in [-0.39, 0.29) is 30.4 Å². The first-order valence-corrected chi connectivity index (χ1v) is 8.21. The Kier molecular flexibility index (Phi) is 4.86. The number of ketones is 1. The van der Waals surface area contributed by atoms with Crippen molar-refractivity contribution in [2.45, 2.75) is 13.3 Å². The van der Waals surface area contributed by atoms with Crippen LogP contribution in [0.4, 0.5) is 5.69 Å². The van der Waals surface area contributed by atoms with Crippen LogP contribution in [0.5, 0.6) is 5.75 Å². The van der Waals surface area contributed by atoms with Gasteiger partial charge < -0.3 is 9.64 Å². The molecule has 0 saturated carbocycles. The van der Waals surface area contributed by atoms with Gasteiger partial charge in [0.05, 0.1) is 22.2 Å². The molecule has 0 N–H and O–H groups in total. The van der Waals surface area contributed by atoms with Crippen molar-refractivity contribution in [3.05, 3.63) is 59.1 Å². The minimum Gasteiger partial charge on any atom is -0.425 e. The second-order valence-corrected chi connectivity index (χ2v) is 6.24. The summed E-state index contributed by atoms with van der Waals surface area (Å²) in [5, 5.41) is 0.451. The minimum atomic E-state index is -0.608. The molecule has 3 rings (SSSR count). The van der Waals surface area contributed by atoms with Crippen LogP contribution >= 0.6 is 11.6 Å². The van der Waals surface area contributed by atoms with Crippen molar-refractivity contribution in [2.24, 2.45) is 5.92 Å². The molecule has 0 bridgehead atoms. The predicted molar refractivity (Wildman–Crippen MR) is 94.0 cm³/mol. The van der Waals surface area contributed by atoms with Crippen LogP contribution in [0, 0.1) is 5.92 Å². The van der Waals surface area contributed by atoms with Gasteiger partial charge in [-0.2, -0.15) is 0 Å². The van der Waals surface area contributed by atoms with Crippen LogP contribution in [0.1, 0.15) is 23.7 Å². The zero-order chi connectivity index (χ0) is 18.0. The van der Waals surface area contributed by atoms with Crippen molar-refractivity contribution in [1.29, 1.82) is 0 Å². The summed E-state index contributed by atoms with van der Waals surface area (Å²) in [6.45, 7) is 1.61. The highest BCUT2D eigenvalue weighted by Gasteiger charge is 2.37. The fraction of sp³-hybridized carbons (Fsp3) is 0.211. The number of hydrogen-bond acceptors (Lipinski definition) is 4. The van der Waals surface area contributed by atoms with Crippen LogP contribution < -0.4 is 9.64 Å². The Morgan fingerprint density at radius 1 is 1.12 bits per heavy atom. The highest BCUT2D eigenvalue weighted by Crippen LogP contribution is 2.32. The van der Waals surface area contributed by atoms with Gasteiger partial charge in [0, 0.05) is 13.0 Å². The molecule has 128 valence electrons. The zero-order valence-electron chi connectivity index (χ0n) is 13.6. The molecule has 0 aromatic heterocycles. The number of Topliss-reactive ketones (excluding diaryl/α,β-unsaturated/α-hetero) is 1. The second-order valence-electron chi connectivity index (χ2n) is 5.83. The molecule has 1 atom stereocenters. The number of amides is 1. The Hall–Kier alpha value is -2.66. The largest absolute Gasteiger partial charge is 0.425 e. The summed E-state index contributed by atoms with van der Waals surface area (Å²) in [6.07, 6.45) is 0.0479. The molecule has 25 heavy (non-hydrogen) atoms. The quantitative estimate of drug-likeness (QED) is 0.477. The van der Waals surface area contributed by atoms with Gasteiger partial charge >= 0.3 is 5.97 Å². The average molecular weight is 358 g/mol. The molecule has 0 radical (unpaired) electrons. The molecule has 2 aromatic carbocycles. The molecule has 5 nitrogen and oxygen atoms in total. The van der Waals surface area contributed by atoms with Gasteiger partial charge in [-0.15, -0.1) is 0 Å². The summed E-state index contributed by atoms with van der Waals surface area (Å²) in [5.74, 6) is -1.30. The SMILES string of the molecule is CC(=O)c1ccccc1OC(=O)[C@@H]1CC(=O)N(c2ccccc2Cl)C1. The molecular weight excluding hydrogens is 342 g/mol. The summed E-state index contributed by atoms with van der Waals surface area (Å²) < 4.78 is 5.38. The highest BCUT2D eigenvalue weighted by atomic mass is 35.5. The van der Waals surface area contributed by atoms with E-state index in [9.17, 15) is 14.4 Å². The molecule has 0 aliphatic carbocycles. The average Bonchev–Trinajstić information content (AvgIpc) is 2.97. The fourth-order valence-corrected chi connectivity index (χ4v) is 3.04. The first-order chi connectivity index (χ1) is 12.0. The smallest absolute Gasteiger partial charge is 0.316 e. The zero-order valence-corrected chi connectivity index (χ0v) is 14.3. The summed E-state index contributed by atoms with van der Waals surface area (Å²) in [6, 6.07) is 13.5. The molecule has 0 spiro atoms. The van der Waals surface area contributed by atoms with Gasteiger partial charge in [0.1, 0.15) is 5.75 Å². The standard InChI is InChI=1S/C19H16ClNO4/c1-12(22)14-6-2-5-9-17(14)25-19(24)13-10-18(23)21(11-13)16-8-4-3-7-15(16)20/h2-9,13H,10-11H2,1H3/t13-/m1/s1. The van der Waals surface area contributed by atoms with Crippen LogP contribution in [0.2, 0.25) is 5.02 Å². The van der Waals surface area contributed by atoms with E-state index in [4.69, 9.17) is 16.3 Å². The third-order valence-corrected chi connectivity index (χ3v) is 4.40. The van der Waals surface area contributed by atoms with E-state index in [2.05, 4.69) is 0 Å². The third kappa shape index (κ3) is 3.56. The van der Waals surface area contributed by atoms with E-state index in [1.165, 1.54) is 11.8 Å². The number of hydrogen-bond donors (Lipinski definition) is 0. The maximum atomic E-state index is 12.5. The van der Waals surface area contributed by atoms with Crippen molar-refractivity contribution >= 4 is 34.9 Å². The van der Waals surface area contributed by atoms with Gasteiger partial charge in [0.25, 0.3) is 0 Å². The van der Waals surface area contributed by atoms with Crippen LogP contribution in [0.3, 0.4) is 0 Å². The lowest BCUT2D eigenvalue weighted by Gasteiger charge is -2.18. The number of anilines is 1. The number of esters is 1. The second kappa shape index (κ2) is 7.07. The van der Waals surface area contributed by atoms with Crippen molar-refractivity contribution in [3.63, 3.8) is 0 Å². The van der Waals surface area contributed by atoms with Crippen molar-refractivity contribution in [2.75, 3.05) is 11.4 Å². The predicted octanol–water partition coefficient (Wildman–Crippen LogP) is 3.50. The molecule has 2 aromatic rings. The normalized spacial score (nSPS) is 16.8. The van der Waals surface area contributed by atoms with Gasteiger partial charge in [0.2, 0.25) is 5.91 Å². The number of ether oxygens (including phenoxy) is 1. The fourth-order valence-electron chi connectivity index (χ4n) is 2.81. The lowest BCUT2D eigenvalue weighted by atomic mass is 10.1. The molecule has 1 aliphatic rings. The van der Waals surface area contributed by atoms with E-state index in [1.807, 2.05) is 0 Å². The number of rotatable bonds is 4. The molecule has 1 amide bonds. The van der Waals surface area contributed by atoms with Crippen LogP contribution in [0.15, 0.2) is 48.5 Å². The number of nitrogens with zero attached hydrogens (tertiary/aromatic N) is 1. The van der Waals surface area contributed by atoms with Crippen LogP contribution in [-0.2, 0) is 9.59 Å². The van der Waals surface area contributed by atoms with E-state index in [1.54, 1.807) is 48.5 Å². The third-order valence-electron chi connectivity index (χ3n) is 4.08. The van der Waals surface area contributed by atoms with Gasteiger partial charge in [-0.1, -0.05) is 35.9 Å². The summed E-state index contributed by atoms with van der Waals surface area (Å²) in [5.41, 5.74) is 0.914. The van der Waals surface area contributed by atoms with Crippen LogP contribution in [-0.4, -0.2) is 24.2 Å². The number of benzene rings is 2. The number of carbonyl (C=O) groups is 3. The van der Waals surface area contributed by atoms with E-state index in [0.717, 1.165) is 0 Å². The molecule has 1 aliphatic heterocycles. The lowest BCUT2D eigenvalue weighted by molar-refractivity contribution is -0.139. The molecule has 6 heteroatoms. The number of carbonyl (C=O) groups excluding carboxylic acids is 3. The maximum Gasteiger partial charge on any atom is 0.316 e. The van der Waals surface area contributed by atoms with Crippen molar-refractivity contribution in [1.82, 2.24) is 0 Å². The number of halogens is 1. The molecule has 0 unspecified atom stereocenters. The Morgan fingerprint density at radius 3 is 2.52 bits per heavy atom. The molecule has 1 heterocycles. The first kappa shape index (κ1) is 17.2. The highest BCUT2D eigenvalue weighted by molar-refractivity contribution is 6.33. The van der Waals surface area contributed by atoms with Gasteiger partial charge in [-0.3, -0.25) is 14.4 Å². The lowest BCUT2D eigenvalue weighted by Crippen LogP contribution is -2.27. The van der Waals surface area contributed by atoms with E-state index >= 15 is 0 Å². The van der Waals surface area contributed by atoms with Crippen molar-refractivity contribution < 1.29 is 19.1 Å². The summed E-state index contributed by atoms with van der Waals surface area (Å²) in [4.78, 5) is 37.8. The maximum absolute atomic E-state index is 12.5.